The summed E-state index contributed by atoms with van der Waals surface area (Å²) in [6.45, 7) is 3.12. The summed E-state index contributed by atoms with van der Waals surface area (Å²) in [5.41, 5.74) is 6.73. The molecule has 2 aromatic rings. The first-order valence-corrected chi connectivity index (χ1v) is 5.90. The van der Waals surface area contributed by atoms with E-state index in [0.29, 0.717) is 18.7 Å². The minimum atomic E-state index is -0.301. The molecule has 0 fully saturated rings. The van der Waals surface area contributed by atoms with Crippen molar-refractivity contribution >= 4 is 11.9 Å². The molecule has 8 heteroatoms. The maximum absolute atomic E-state index is 12.0. The van der Waals surface area contributed by atoms with Crippen molar-refractivity contribution in [3.05, 3.63) is 29.8 Å². The average molecular weight is 261 g/mol. The van der Waals surface area contributed by atoms with E-state index in [1.807, 2.05) is 6.92 Å². The number of carbonyl (C=O) groups excluding carboxylic acids is 1. The number of rotatable bonds is 5. The van der Waals surface area contributed by atoms with Gasteiger partial charge in [0.05, 0.1) is 24.2 Å². The third-order valence-electron chi connectivity index (χ3n) is 2.63. The van der Waals surface area contributed by atoms with Crippen LogP contribution >= 0.6 is 0 Å². The summed E-state index contributed by atoms with van der Waals surface area (Å²) in [5.74, 6) is -0.133. The largest absolute Gasteiger partial charge is 0.330 e. The van der Waals surface area contributed by atoms with Crippen LogP contribution in [0.4, 0.5) is 5.95 Å². The maximum Gasteiger partial charge on any atom is 0.261 e. The van der Waals surface area contributed by atoms with Gasteiger partial charge in [-0.05, 0) is 19.9 Å². The first kappa shape index (κ1) is 13.1. The maximum atomic E-state index is 12.0. The van der Waals surface area contributed by atoms with E-state index in [-0.39, 0.29) is 11.9 Å². The van der Waals surface area contributed by atoms with Gasteiger partial charge in [-0.3, -0.25) is 14.8 Å². The number of hydrogen-bond acceptors (Lipinski definition) is 6. The number of aromatic nitrogens is 5. The fraction of sp³-hybridized carbons (Fsp3) is 0.364. The predicted octanol–water partition coefficient (Wildman–Crippen LogP) is -0.0224. The topological polar surface area (TPSA) is 112 Å². The summed E-state index contributed by atoms with van der Waals surface area (Å²) in [6.07, 6.45) is 5.23. The van der Waals surface area contributed by atoms with Crippen molar-refractivity contribution in [3.63, 3.8) is 0 Å². The van der Waals surface area contributed by atoms with Crippen molar-refractivity contribution in [1.82, 2.24) is 25.0 Å². The highest BCUT2D eigenvalue weighted by Crippen LogP contribution is 2.09. The molecule has 2 rings (SSSR count). The van der Waals surface area contributed by atoms with Crippen LogP contribution in [0, 0.1) is 6.92 Å². The van der Waals surface area contributed by atoms with E-state index in [1.165, 1.54) is 18.6 Å². The van der Waals surface area contributed by atoms with Crippen LogP contribution in [0.15, 0.2) is 18.6 Å². The van der Waals surface area contributed by atoms with E-state index >= 15 is 0 Å². The van der Waals surface area contributed by atoms with Crippen LogP contribution < -0.4 is 11.1 Å². The summed E-state index contributed by atoms with van der Waals surface area (Å²) in [6, 6.07) is 0. The Labute approximate surface area is 110 Å². The Morgan fingerprint density at radius 1 is 1.47 bits per heavy atom. The number of anilines is 1. The minimum absolute atomic E-state index is 0.168. The van der Waals surface area contributed by atoms with Gasteiger partial charge >= 0.3 is 0 Å². The normalized spacial score (nSPS) is 10.4. The van der Waals surface area contributed by atoms with E-state index in [9.17, 15) is 4.79 Å². The second kappa shape index (κ2) is 6.01. The molecule has 3 N–H and O–H groups in total. The predicted molar refractivity (Wildman–Crippen MR) is 68.4 cm³/mol. The first-order chi connectivity index (χ1) is 9.22. The SMILES string of the molecule is Cc1c(C(=O)Nc2nccnn2)cnn1CCCN. The van der Waals surface area contributed by atoms with Crippen LogP contribution in [0.25, 0.3) is 0 Å². The van der Waals surface area contributed by atoms with Crippen molar-refractivity contribution in [3.8, 4) is 0 Å². The lowest BCUT2D eigenvalue weighted by molar-refractivity contribution is 0.102. The standard InChI is InChI=1S/C11H15N7O/c1-8-9(7-15-18(8)6-2-3-12)10(19)16-11-13-4-5-14-17-11/h4-5,7H,2-3,6,12H2,1H3,(H,13,16,17,19). The molecule has 0 aliphatic carbocycles. The van der Waals surface area contributed by atoms with Gasteiger partial charge in [-0.15, -0.1) is 5.10 Å². The van der Waals surface area contributed by atoms with E-state index < -0.39 is 0 Å². The average Bonchev–Trinajstić information content (AvgIpc) is 2.79. The molecule has 0 aromatic carbocycles. The number of carbonyl (C=O) groups is 1. The van der Waals surface area contributed by atoms with Gasteiger partial charge in [-0.25, -0.2) is 4.98 Å². The van der Waals surface area contributed by atoms with Crippen LogP contribution in [0.2, 0.25) is 0 Å². The zero-order valence-corrected chi connectivity index (χ0v) is 10.6. The molecule has 0 unspecified atom stereocenters. The smallest absolute Gasteiger partial charge is 0.261 e. The van der Waals surface area contributed by atoms with Crippen LogP contribution in [-0.2, 0) is 6.54 Å². The van der Waals surface area contributed by atoms with Crippen molar-refractivity contribution < 1.29 is 4.79 Å². The van der Waals surface area contributed by atoms with Crippen molar-refractivity contribution in [2.24, 2.45) is 5.73 Å². The summed E-state index contributed by atoms with van der Waals surface area (Å²) >= 11 is 0. The van der Waals surface area contributed by atoms with Crippen molar-refractivity contribution in [2.45, 2.75) is 19.9 Å². The monoisotopic (exact) mass is 261 g/mol. The molecule has 2 heterocycles. The van der Waals surface area contributed by atoms with Gasteiger partial charge < -0.3 is 5.73 Å². The third-order valence-corrected chi connectivity index (χ3v) is 2.63. The molecule has 19 heavy (non-hydrogen) atoms. The molecule has 0 aliphatic rings. The van der Waals surface area contributed by atoms with Gasteiger partial charge in [0.2, 0.25) is 5.95 Å². The highest BCUT2D eigenvalue weighted by atomic mass is 16.1. The summed E-state index contributed by atoms with van der Waals surface area (Å²) in [7, 11) is 0. The molecule has 8 nitrogen and oxygen atoms in total. The lowest BCUT2D eigenvalue weighted by atomic mass is 10.2. The molecule has 0 bridgehead atoms. The fourth-order valence-electron chi connectivity index (χ4n) is 1.61. The molecule has 0 aliphatic heterocycles. The second-order valence-electron chi connectivity index (χ2n) is 3.93. The Morgan fingerprint density at radius 3 is 3.00 bits per heavy atom. The number of nitrogens with zero attached hydrogens (tertiary/aromatic N) is 5. The highest BCUT2D eigenvalue weighted by molar-refractivity contribution is 6.03. The van der Waals surface area contributed by atoms with Crippen molar-refractivity contribution in [1.29, 1.82) is 0 Å². The van der Waals surface area contributed by atoms with Gasteiger partial charge in [0, 0.05) is 12.2 Å². The van der Waals surface area contributed by atoms with E-state index in [1.54, 1.807) is 4.68 Å². The summed E-state index contributed by atoms with van der Waals surface area (Å²) in [4.78, 5) is 15.9. The van der Waals surface area contributed by atoms with Crippen molar-refractivity contribution in [2.75, 3.05) is 11.9 Å². The molecular weight excluding hydrogens is 246 g/mol. The van der Waals surface area contributed by atoms with Gasteiger partial charge in [0.1, 0.15) is 0 Å². The number of hydrogen-bond donors (Lipinski definition) is 2. The Bertz CT molecular complexity index is 551. The Morgan fingerprint density at radius 2 is 2.32 bits per heavy atom. The van der Waals surface area contributed by atoms with Crippen LogP contribution in [0.1, 0.15) is 22.5 Å². The molecule has 0 radical (unpaired) electrons. The Kier molecular flexibility index (Phi) is 4.14. The molecule has 1 amide bonds. The highest BCUT2D eigenvalue weighted by Gasteiger charge is 2.15. The molecule has 0 atom stereocenters. The van der Waals surface area contributed by atoms with Crippen LogP contribution in [0.5, 0.6) is 0 Å². The second-order valence-corrected chi connectivity index (χ2v) is 3.93. The molecule has 100 valence electrons. The molecule has 0 spiro atoms. The van der Waals surface area contributed by atoms with Gasteiger partial charge in [0.15, 0.2) is 0 Å². The molecular formula is C11H15N7O. The summed E-state index contributed by atoms with van der Waals surface area (Å²) < 4.78 is 1.76. The number of aryl methyl sites for hydroxylation is 1. The molecule has 0 saturated carbocycles. The number of nitrogens with one attached hydrogen (secondary N) is 1. The summed E-state index contributed by atoms with van der Waals surface area (Å²) in [5, 5.41) is 14.1. The first-order valence-electron chi connectivity index (χ1n) is 5.90. The Balaban J connectivity index is 2.09. The van der Waals surface area contributed by atoms with Crippen LogP contribution in [0.3, 0.4) is 0 Å². The van der Waals surface area contributed by atoms with Gasteiger partial charge in [0.25, 0.3) is 5.91 Å². The van der Waals surface area contributed by atoms with E-state index in [0.717, 1.165) is 12.1 Å². The van der Waals surface area contributed by atoms with Gasteiger partial charge in [-0.1, -0.05) is 0 Å². The lowest BCUT2D eigenvalue weighted by Crippen LogP contribution is -2.16. The zero-order valence-electron chi connectivity index (χ0n) is 10.6. The molecule has 0 saturated heterocycles. The third kappa shape index (κ3) is 3.10. The lowest BCUT2D eigenvalue weighted by Gasteiger charge is -2.04. The quantitative estimate of drug-likeness (QED) is 0.782. The minimum Gasteiger partial charge on any atom is -0.330 e. The Hall–Kier alpha value is -2.35. The van der Waals surface area contributed by atoms with E-state index in [4.69, 9.17) is 5.73 Å². The fourth-order valence-corrected chi connectivity index (χ4v) is 1.61. The number of amides is 1. The van der Waals surface area contributed by atoms with Crippen LogP contribution in [-0.4, -0.2) is 37.4 Å². The molecule has 2 aromatic heterocycles. The number of nitrogens with two attached hydrogens (primary N) is 1. The zero-order chi connectivity index (χ0) is 13.7. The van der Waals surface area contributed by atoms with E-state index in [2.05, 4.69) is 25.6 Å². The van der Waals surface area contributed by atoms with Gasteiger partial charge in [-0.2, -0.15) is 10.2 Å².